The third-order valence-electron chi connectivity index (χ3n) is 2.46. The molecule has 3 nitrogen and oxygen atoms in total. The molecule has 4 N–H and O–H groups in total. The molecule has 1 aromatic carbocycles. The summed E-state index contributed by atoms with van der Waals surface area (Å²) >= 11 is 3.01. The van der Waals surface area contributed by atoms with Gasteiger partial charge in [0.25, 0.3) is 0 Å². The van der Waals surface area contributed by atoms with Crippen molar-refractivity contribution in [2.24, 2.45) is 5.73 Å². The van der Waals surface area contributed by atoms with Crippen LogP contribution in [0.25, 0.3) is 0 Å². The van der Waals surface area contributed by atoms with E-state index in [0.29, 0.717) is 12.8 Å². The lowest BCUT2D eigenvalue weighted by Crippen LogP contribution is -2.20. The van der Waals surface area contributed by atoms with Gasteiger partial charge in [0.15, 0.2) is 11.5 Å². The van der Waals surface area contributed by atoms with Gasteiger partial charge in [-0.25, -0.2) is 4.39 Å². The maximum Gasteiger partial charge on any atom is 0.163 e. The molecule has 0 bridgehead atoms. The molecule has 14 heavy (non-hydrogen) atoms. The maximum absolute atomic E-state index is 13.2. The number of hydrogen-bond acceptors (Lipinski definition) is 3. The van der Waals surface area contributed by atoms with Crippen molar-refractivity contribution in [1.29, 1.82) is 0 Å². The van der Waals surface area contributed by atoms with Crippen molar-refractivity contribution >= 4 is 15.9 Å². The summed E-state index contributed by atoms with van der Waals surface area (Å²) in [6.45, 7) is 0. The Labute approximate surface area is 88.5 Å². The van der Waals surface area contributed by atoms with Crippen LogP contribution >= 0.6 is 15.9 Å². The Kier molecular flexibility index (Phi) is 1.97. The second-order valence-electron chi connectivity index (χ2n) is 3.57. The summed E-state index contributed by atoms with van der Waals surface area (Å²) in [6.07, 6.45) is 1.37. The van der Waals surface area contributed by atoms with Gasteiger partial charge < -0.3 is 15.9 Å². The van der Waals surface area contributed by atoms with E-state index in [2.05, 4.69) is 15.9 Å². The molecule has 0 heterocycles. The molecule has 1 aromatic rings. The molecule has 1 fully saturated rings. The van der Waals surface area contributed by atoms with E-state index in [0.717, 1.165) is 6.07 Å². The third-order valence-corrected chi connectivity index (χ3v) is 3.23. The van der Waals surface area contributed by atoms with Crippen molar-refractivity contribution in [3.8, 4) is 11.5 Å². The van der Waals surface area contributed by atoms with Crippen LogP contribution in [0.1, 0.15) is 18.4 Å². The average Bonchev–Trinajstić information content (AvgIpc) is 2.81. The summed E-state index contributed by atoms with van der Waals surface area (Å²) in [7, 11) is 0. The number of hydrogen-bond donors (Lipinski definition) is 3. The van der Waals surface area contributed by atoms with Crippen LogP contribution in [0.3, 0.4) is 0 Å². The fraction of sp³-hybridized carbons (Fsp3) is 0.333. The van der Waals surface area contributed by atoms with E-state index < -0.39 is 17.1 Å². The van der Waals surface area contributed by atoms with E-state index >= 15 is 0 Å². The minimum absolute atomic E-state index is 0.132. The summed E-state index contributed by atoms with van der Waals surface area (Å²) in [5.41, 5.74) is 5.41. The molecule has 1 saturated carbocycles. The summed E-state index contributed by atoms with van der Waals surface area (Å²) in [5.74, 6) is -1.43. The van der Waals surface area contributed by atoms with Crippen molar-refractivity contribution in [1.82, 2.24) is 0 Å². The SMILES string of the molecule is NC1(c2c(O)c(O)cc(F)c2Br)CC1. The first-order valence-electron chi connectivity index (χ1n) is 4.15. The van der Waals surface area contributed by atoms with Gasteiger partial charge >= 0.3 is 0 Å². The van der Waals surface area contributed by atoms with Gasteiger partial charge in [-0.1, -0.05) is 0 Å². The first-order chi connectivity index (χ1) is 6.46. The first kappa shape index (κ1) is 9.73. The summed E-state index contributed by atoms with van der Waals surface area (Å²) in [5, 5.41) is 18.8. The number of benzene rings is 1. The maximum atomic E-state index is 13.2. The van der Waals surface area contributed by atoms with E-state index in [1.807, 2.05) is 0 Å². The van der Waals surface area contributed by atoms with Crippen LogP contribution in [-0.2, 0) is 5.54 Å². The van der Waals surface area contributed by atoms with Gasteiger partial charge in [0.05, 0.1) is 4.47 Å². The Morgan fingerprint density at radius 3 is 2.50 bits per heavy atom. The van der Waals surface area contributed by atoms with Crippen LogP contribution in [0, 0.1) is 5.82 Å². The average molecular weight is 262 g/mol. The van der Waals surface area contributed by atoms with Gasteiger partial charge in [-0.15, -0.1) is 0 Å². The molecule has 76 valence electrons. The van der Waals surface area contributed by atoms with Crippen molar-refractivity contribution in [2.45, 2.75) is 18.4 Å². The molecule has 0 spiro atoms. The van der Waals surface area contributed by atoms with Gasteiger partial charge in [-0.3, -0.25) is 0 Å². The fourth-order valence-electron chi connectivity index (χ4n) is 1.44. The smallest absolute Gasteiger partial charge is 0.163 e. The normalized spacial score (nSPS) is 18.2. The van der Waals surface area contributed by atoms with Gasteiger partial charge in [0.2, 0.25) is 0 Å². The van der Waals surface area contributed by atoms with Crippen LogP contribution in [0.5, 0.6) is 11.5 Å². The molecule has 0 unspecified atom stereocenters. The zero-order chi connectivity index (χ0) is 10.5. The van der Waals surface area contributed by atoms with Crippen LogP contribution in [0.4, 0.5) is 4.39 Å². The molecule has 0 amide bonds. The van der Waals surface area contributed by atoms with Gasteiger partial charge in [-0.2, -0.15) is 0 Å². The van der Waals surface area contributed by atoms with E-state index in [9.17, 15) is 14.6 Å². The lowest BCUT2D eigenvalue weighted by Gasteiger charge is -2.15. The molecule has 0 aliphatic heterocycles. The molecule has 0 saturated heterocycles. The zero-order valence-corrected chi connectivity index (χ0v) is 8.81. The minimum Gasteiger partial charge on any atom is -0.504 e. The Hall–Kier alpha value is -0.810. The van der Waals surface area contributed by atoms with Crippen LogP contribution in [0.2, 0.25) is 0 Å². The fourth-order valence-corrected chi connectivity index (χ4v) is 2.14. The number of nitrogens with two attached hydrogens (primary N) is 1. The molecular formula is C9H9BrFNO2. The van der Waals surface area contributed by atoms with Gasteiger partial charge in [0.1, 0.15) is 5.82 Å². The lowest BCUT2D eigenvalue weighted by atomic mass is 10.0. The standard InChI is InChI=1S/C9H9BrFNO2/c10-7-4(11)3-5(13)8(14)6(7)9(12)1-2-9/h3,13-14H,1-2,12H2. The van der Waals surface area contributed by atoms with Crippen molar-refractivity contribution in [2.75, 3.05) is 0 Å². The molecule has 0 atom stereocenters. The van der Waals surface area contributed by atoms with Crippen molar-refractivity contribution in [3.05, 3.63) is 21.9 Å². The Morgan fingerprint density at radius 1 is 1.43 bits per heavy atom. The number of halogens is 2. The Morgan fingerprint density at radius 2 is 2.00 bits per heavy atom. The highest BCUT2D eigenvalue weighted by molar-refractivity contribution is 9.10. The Bertz CT molecular complexity index is 378. The minimum atomic E-state index is -0.692. The number of phenols is 2. The van der Waals surface area contributed by atoms with E-state index in [-0.39, 0.29) is 15.8 Å². The first-order valence-corrected chi connectivity index (χ1v) is 4.94. The molecule has 0 aromatic heterocycles. The summed E-state index contributed by atoms with van der Waals surface area (Å²) in [6, 6.07) is 0.856. The monoisotopic (exact) mass is 261 g/mol. The highest BCUT2D eigenvalue weighted by Crippen LogP contribution is 2.52. The molecule has 1 aliphatic rings. The van der Waals surface area contributed by atoms with Crippen LogP contribution < -0.4 is 5.73 Å². The van der Waals surface area contributed by atoms with Crippen molar-refractivity contribution < 1.29 is 14.6 Å². The molecule has 5 heteroatoms. The summed E-state index contributed by atoms with van der Waals surface area (Å²) < 4.78 is 13.3. The number of phenolic OH excluding ortho intramolecular Hbond substituents is 2. The van der Waals surface area contributed by atoms with E-state index in [1.54, 1.807) is 0 Å². The van der Waals surface area contributed by atoms with E-state index in [4.69, 9.17) is 5.73 Å². The lowest BCUT2D eigenvalue weighted by molar-refractivity contribution is 0.389. The topological polar surface area (TPSA) is 66.5 Å². The van der Waals surface area contributed by atoms with Crippen LogP contribution in [0.15, 0.2) is 10.5 Å². The molecule has 2 rings (SSSR count). The van der Waals surface area contributed by atoms with Crippen LogP contribution in [-0.4, -0.2) is 10.2 Å². The zero-order valence-electron chi connectivity index (χ0n) is 7.22. The Balaban J connectivity index is 2.68. The largest absolute Gasteiger partial charge is 0.504 e. The number of rotatable bonds is 1. The van der Waals surface area contributed by atoms with Gasteiger partial charge in [-0.05, 0) is 28.8 Å². The third kappa shape index (κ3) is 1.27. The molecular weight excluding hydrogens is 253 g/mol. The molecule has 1 aliphatic carbocycles. The molecule has 0 radical (unpaired) electrons. The quantitative estimate of drug-likeness (QED) is 0.677. The summed E-state index contributed by atoms with van der Waals surface area (Å²) in [4.78, 5) is 0. The second-order valence-corrected chi connectivity index (χ2v) is 4.36. The van der Waals surface area contributed by atoms with Gasteiger partial charge in [0, 0.05) is 17.2 Å². The highest BCUT2D eigenvalue weighted by Gasteiger charge is 2.44. The second kappa shape index (κ2) is 2.84. The predicted octanol–water partition coefficient (Wildman–Crippen LogP) is 1.95. The van der Waals surface area contributed by atoms with E-state index in [1.165, 1.54) is 0 Å². The predicted molar refractivity (Wildman–Crippen MR) is 52.5 cm³/mol. The number of aromatic hydroxyl groups is 2. The highest BCUT2D eigenvalue weighted by atomic mass is 79.9. The van der Waals surface area contributed by atoms with Crippen molar-refractivity contribution in [3.63, 3.8) is 0 Å².